The van der Waals surface area contributed by atoms with E-state index in [4.69, 9.17) is 4.74 Å². The van der Waals surface area contributed by atoms with Crippen LogP contribution in [-0.4, -0.2) is 36.5 Å². The number of carbonyl (C=O) groups excluding carboxylic acids is 2. The summed E-state index contributed by atoms with van der Waals surface area (Å²) in [5.74, 6) is 0.736. The van der Waals surface area contributed by atoms with Gasteiger partial charge in [0.1, 0.15) is 5.75 Å². The Kier molecular flexibility index (Phi) is 5.02. The summed E-state index contributed by atoms with van der Waals surface area (Å²) in [6.07, 6.45) is 0.780. The van der Waals surface area contributed by atoms with Crippen molar-refractivity contribution in [2.45, 2.75) is 19.4 Å². The number of benzene rings is 2. The standard InChI is InChI=1S/C22H23N3O3/c1-2-28-17-10-8-16(9-11-17)20-19-18(23-22(27)24-20)14-25(21(19)26)13-12-15-6-4-3-5-7-15/h3-11,20H,2,12-14H2,1H3,(H2,23,24,27)/t20-/m0/s1. The van der Waals surface area contributed by atoms with Crippen molar-refractivity contribution >= 4 is 11.9 Å². The van der Waals surface area contributed by atoms with Crippen LogP contribution in [0.5, 0.6) is 5.75 Å². The Balaban J connectivity index is 1.52. The van der Waals surface area contributed by atoms with E-state index in [2.05, 4.69) is 22.8 Å². The van der Waals surface area contributed by atoms with Crippen LogP contribution in [0.3, 0.4) is 0 Å². The summed E-state index contributed by atoms with van der Waals surface area (Å²) in [6.45, 7) is 3.57. The summed E-state index contributed by atoms with van der Waals surface area (Å²) in [7, 11) is 0. The van der Waals surface area contributed by atoms with Gasteiger partial charge in [0.05, 0.1) is 30.5 Å². The van der Waals surface area contributed by atoms with Crippen molar-refractivity contribution in [2.24, 2.45) is 0 Å². The number of nitrogens with zero attached hydrogens (tertiary/aromatic N) is 1. The molecule has 6 heteroatoms. The van der Waals surface area contributed by atoms with Crippen molar-refractivity contribution in [1.82, 2.24) is 15.5 Å². The molecule has 2 aliphatic rings. The quantitative estimate of drug-likeness (QED) is 0.813. The van der Waals surface area contributed by atoms with Crippen LogP contribution in [0.25, 0.3) is 0 Å². The Morgan fingerprint density at radius 3 is 2.54 bits per heavy atom. The SMILES string of the molecule is CCOc1ccc([C@@H]2NC(=O)NC3=C2C(=O)N(CCc2ccccc2)C3)cc1. The Bertz CT molecular complexity index is 906. The summed E-state index contributed by atoms with van der Waals surface area (Å²) < 4.78 is 5.48. The molecule has 2 aromatic rings. The van der Waals surface area contributed by atoms with Gasteiger partial charge in [0.2, 0.25) is 0 Å². The molecule has 2 aliphatic heterocycles. The largest absolute Gasteiger partial charge is 0.494 e. The van der Waals surface area contributed by atoms with Gasteiger partial charge in [-0.2, -0.15) is 0 Å². The van der Waals surface area contributed by atoms with E-state index >= 15 is 0 Å². The van der Waals surface area contributed by atoms with E-state index in [1.807, 2.05) is 49.4 Å². The summed E-state index contributed by atoms with van der Waals surface area (Å²) >= 11 is 0. The zero-order valence-corrected chi connectivity index (χ0v) is 15.8. The Hall–Kier alpha value is -3.28. The van der Waals surface area contributed by atoms with Crippen LogP contribution < -0.4 is 15.4 Å². The zero-order valence-electron chi connectivity index (χ0n) is 15.8. The van der Waals surface area contributed by atoms with Gasteiger partial charge in [-0.3, -0.25) is 4.79 Å². The van der Waals surface area contributed by atoms with Crippen LogP contribution in [0.4, 0.5) is 4.79 Å². The maximum absolute atomic E-state index is 13.1. The van der Waals surface area contributed by atoms with E-state index in [1.54, 1.807) is 4.90 Å². The number of rotatable bonds is 6. The summed E-state index contributed by atoms with van der Waals surface area (Å²) in [6, 6.07) is 16.9. The molecule has 0 radical (unpaired) electrons. The predicted octanol–water partition coefficient (Wildman–Crippen LogP) is 2.78. The highest BCUT2D eigenvalue weighted by molar-refractivity contribution is 6.01. The second-order valence-electron chi connectivity index (χ2n) is 6.89. The zero-order chi connectivity index (χ0) is 19.5. The summed E-state index contributed by atoms with van der Waals surface area (Å²) in [5, 5.41) is 5.69. The topological polar surface area (TPSA) is 70.7 Å². The van der Waals surface area contributed by atoms with Crippen molar-refractivity contribution in [1.29, 1.82) is 0 Å². The molecule has 4 rings (SSSR count). The molecule has 1 atom stereocenters. The highest BCUT2D eigenvalue weighted by Crippen LogP contribution is 2.33. The average molecular weight is 377 g/mol. The molecule has 0 saturated heterocycles. The molecule has 2 aromatic carbocycles. The Labute approximate surface area is 164 Å². The number of hydrogen-bond donors (Lipinski definition) is 2. The average Bonchev–Trinajstić information content (AvgIpc) is 3.03. The first kappa shape index (κ1) is 18.1. The van der Waals surface area contributed by atoms with Gasteiger partial charge in [-0.25, -0.2) is 4.79 Å². The van der Waals surface area contributed by atoms with E-state index in [-0.39, 0.29) is 11.9 Å². The first-order valence-electron chi connectivity index (χ1n) is 9.52. The first-order chi connectivity index (χ1) is 13.7. The minimum atomic E-state index is -0.450. The molecule has 0 fully saturated rings. The Morgan fingerprint density at radius 1 is 1.07 bits per heavy atom. The molecule has 0 unspecified atom stereocenters. The third-order valence-corrected chi connectivity index (χ3v) is 5.06. The molecule has 0 aromatic heterocycles. The van der Waals surface area contributed by atoms with Gasteiger partial charge in [0, 0.05) is 6.54 Å². The highest BCUT2D eigenvalue weighted by Gasteiger charge is 2.40. The van der Waals surface area contributed by atoms with E-state index in [1.165, 1.54) is 5.56 Å². The van der Waals surface area contributed by atoms with Gasteiger partial charge in [-0.15, -0.1) is 0 Å². The second kappa shape index (κ2) is 7.76. The fourth-order valence-corrected chi connectivity index (χ4v) is 3.69. The molecule has 28 heavy (non-hydrogen) atoms. The van der Waals surface area contributed by atoms with Crippen LogP contribution in [-0.2, 0) is 11.2 Å². The van der Waals surface area contributed by atoms with E-state index < -0.39 is 6.04 Å². The lowest BCUT2D eigenvalue weighted by Gasteiger charge is -2.25. The van der Waals surface area contributed by atoms with Crippen LogP contribution in [0.15, 0.2) is 65.9 Å². The number of ether oxygens (including phenoxy) is 1. The van der Waals surface area contributed by atoms with Gasteiger partial charge < -0.3 is 20.3 Å². The highest BCUT2D eigenvalue weighted by atomic mass is 16.5. The number of urea groups is 1. The smallest absolute Gasteiger partial charge is 0.319 e. The van der Waals surface area contributed by atoms with E-state index in [0.717, 1.165) is 17.7 Å². The van der Waals surface area contributed by atoms with Gasteiger partial charge in [0.15, 0.2) is 0 Å². The lowest BCUT2D eigenvalue weighted by Crippen LogP contribution is -2.44. The molecule has 0 spiro atoms. The molecule has 2 heterocycles. The summed E-state index contributed by atoms with van der Waals surface area (Å²) in [5.41, 5.74) is 3.37. The first-order valence-corrected chi connectivity index (χ1v) is 9.52. The number of carbonyl (C=O) groups is 2. The van der Waals surface area contributed by atoms with E-state index in [0.29, 0.717) is 31.0 Å². The molecular formula is C22H23N3O3. The number of hydrogen-bond acceptors (Lipinski definition) is 3. The van der Waals surface area contributed by atoms with E-state index in [9.17, 15) is 9.59 Å². The maximum Gasteiger partial charge on any atom is 0.319 e. The van der Waals surface area contributed by atoms with Crippen molar-refractivity contribution in [3.63, 3.8) is 0 Å². The maximum atomic E-state index is 13.1. The molecule has 144 valence electrons. The third kappa shape index (κ3) is 3.58. The van der Waals surface area contributed by atoms with Gasteiger partial charge >= 0.3 is 6.03 Å². The predicted molar refractivity (Wildman–Crippen MR) is 106 cm³/mol. The summed E-state index contributed by atoms with van der Waals surface area (Å²) in [4.78, 5) is 27.0. The number of nitrogens with one attached hydrogen (secondary N) is 2. The molecule has 0 saturated carbocycles. The molecule has 3 amide bonds. The van der Waals surface area contributed by atoms with Gasteiger partial charge in [-0.05, 0) is 36.6 Å². The minimum absolute atomic E-state index is 0.0303. The molecule has 0 bridgehead atoms. The molecular weight excluding hydrogens is 354 g/mol. The second-order valence-corrected chi connectivity index (χ2v) is 6.89. The van der Waals surface area contributed by atoms with Crippen LogP contribution in [0, 0.1) is 0 Å². The fraction of sp³-hybridized carbons (Fsp3) is 0.273. The van der Waals surface area contributed by atoms with Crippen molar-refractivity contribution < 1.29 is 14.3 Å². The molecule has 6 nitrogen and oxygen atoms in total. The number of amides is 3. The monoisotopic (exact) mass is 377 g/mol. The molecule has 0 aliphatic carbocycles. The lowest BCUT2D eigenvalue weighted by atomic mass is 9.96. The Morgan fingerprint density at radius 2 is 1.82 bits per heavy atom. The normalized spacial score (nSPS) is 18.6. The van der Waals surface area contributed by atoms with Crippen LogP contribution in [0.1, 0.15) is 24.1 Å². The van der Waals surface area contributed by atoms with Gasteiger partial charge in [0.25, 0.3) is 5.91 Å². The lowest BCUT2D eigenvalue weighted by molar-refractivity contribution is -0.125. The van der Waals surface area contributed by atoms with Gasteiger partial charge in [-0.1, -0.05) is 42.5 Å². The van der Waals surface area contributed by atoms with Crippen molar-refractivity contribution in [3.05, 3.63) is 77.0 Å². The van der Waals surface area contributed by atoms with Crippen molar-refractivity contribution in [3.8, 4) is 5.75 Å². The molecule has 2 N–H and O–H groups in total. The fourth-order valence-electron chi connectivity index (χ4n) is 3.69. The van der Waals surface area contributed by atoms with Crippen LogP contribution in [0.2, 0.25) is 0 Å². The van der Waals surface area contributed by atoms with Crippen molar-refractivity contribution in [2.75, 3.05) is 19.7 Å². The third-order valence-electron chi connectivity index (χ3n) is 5.06. The minimum Gasteiger partial charge on any atom is -0.494 e. The van der Waals surface area contributed by atoms with Crippen LogP contribution >= 0.6 is 0 Å².